The molecule has 1 aliphatic carbocycles. The zero-order chi connectivity index (χ0) is 23.4. The van der Waals surface area contributed by atoms with E-state index in [0.717, 1.165) is 44.2 Å². The van der Waals surface area contributed by atoms with Crippen molar-refractivity contribution in [1.82, 2.24) is 0 Å². The van der Waals surface area contributed by atoms with Crippen LogP contribution in [0.4, 0.5) is 17.6 Å². The lowest BCUT2D eigenvalue weighted by Gasteiger charge is -2.31. The molecule has 33 heavy (non-hydrogen) atoms. The molecule has 0 heterocycles. The Labute approximate surface area is 191 Å². The van der Waals surface area contributed by atoms with E-state index in [1.165, 1.54) is 34.4 Å². The van der Waals surface area contributed by atoms with Crippen molar-refractivity contribution in [2.75, 3.05) is 0 Å². The van der Waals surface area contributed by atoms with E-state index in [1.807, 2.05) is 12.1 Å². The van der Waals surface area contributed by atoms with Crippen LogP contribution in [0.2, 0.25) is 0 Å². The van der Waals surface area contributed by atoms with Gasteiger partial charge in [0, 0.05) is 11.5 Å². The molecule has 0 fully saturated rings. The summed E-state index contributed by atoms with van der Waals surface area (Å²) in [4.78, 5) is 0. The number of alkyl halides is 3. The van der Waals surface area contributed by atoms with Crippen LogP contribution in [0.3, 0.4) is 0 Å². The van der Waals surface area contributed by atoms with Gasteiger partial charge in [0.2, 0.25) is 0 Å². The number of benzene rings is 3. The molecule has 0 aliphatic heterocycles. The van der Waals surface area contributed by atoms with E-state index in [-0.39, 0.29) is 5.92 Å². The van der Waals surface area contributed by atoms with E-state index in [2.05, 4.69) is 47.8 Å². The SMILES string of the molecule is CCCCC[C@@H]1CCc2c(ccc3ccccc23)[C@H]1C#Cc1ccc(OC(F)(F)F)c(F)c1. The van der Waals surface area contributed by atoms with E-state index < -0.39 is 17.9 Å². The minimum Gasteiger partial charge on any atom is -0.403 e. The van der Waals surface area contributed by atoms with Crippen LogP contribution in [0.15, 0.2) is 54.6 Å². The summed E-state index contributed by atoms with van der Waals surface area (Å²) in [5.41, 5.74) is 2.87. The van der Waals surface area contributed by atoms with Crippen molar-refractivity contribution in [2.24, 2.45) is 5.92 Å². The van der Waals surface area contributed by atoms with Crippen LogP contribution in [-0.4, -0.2) is 6.36 Å². The summed E-state index contributed by atoms with van der Waals surface area (Å²) in [6, 6.07) is 16.0. The summed E-state index contributed by atoms with van der Waals surface area (Å²) in [5.74, 6) is 4.86. The minimum atomic E-state index is -4.94. The van der Waals surface area contributed by atoms with E-state index in [0.29, 0.717) is 11.5 Å². The Bertz CT molecular complexity index is 1190. The Morgan fingerprint density at radius 1 is 1.03 bits per heavy atom. The van der Waals surface area contributed by atoms with Gasteiger partial charge in [0.15, 0.2) is 11.6 Å². The van der Waals surface area contributed by atoms with Crippen molar-refractivity contribution in [1.29, 1.82) is 0 Å². The van der Waals surface area contributed by atoms with Crippen LogP contribution in [0, 0.1) is 23.6 Å². The highest BCUT2D eigenvalue weighted by Gasteiger charge is 2.32. The molecule has 172 valence electrons. The smallest absolute Gasteiger partial charge is 0.403 e. The summed E-state index contributed by atoms with van der Waals surface area (Å²) in [6.45, 7) is 2.18. The van der Waals surface area contributed by atoms with Gasteiger partial charge in [-0.3, -0.25) is 0 Å². The fourth-order valence-corrected chi connectivity index (χ4v) is 4.78. The highest BCUT2D eigenvalue weighted by atomic mass is 19.4. The fraction of sp³-hybridized carbons (Fsp3) is 0.357. The summed E-state index contributed by atoms with van der Waals surface area (Å²) < 4.78 is 55.1. The number of fused-ring (bicyclic) bond motifs is 3. The third-order valence-corrected chi connectivity index (χ3v) is 6.36. The van der Waals surface area contributed by atoms with E-state index in [1.54, 1.807) is 0 Å². The molecule has 3 aromatic rings. The lowest BCUT2D eigenvalue weighted by atomic mass is 9.72. The molecule has 0 spiro atoms. The molecule has 1 aliphatic rings. The molecule has 0 saturated heterocycles. The van der Waals surface area contributed by atoms with Crippen LogP contribution in [-0.2, 0) is 6.42 Å². The van der Waals surface area contributed by atoms with Gasteiger partial charge in [-0.25, -0.2) is 4.39 Å². The van der Waals surface area contributed by atoms with Gasteiger partial charge >= 0.3 is 6.36 Å². The first-order chi connectivity index (χ1) is 15.9. The van der Waals surface area contributed by atoms with E-state index >= 15 is 0 Å². The molecular weight excluding hydrogens is 428 g/mol. The lowest BCUT2D eigenvalue weighted by molar-refractivity contribution is -0.275. The van der Waals surface area contributed by atoms with Crippen LogP contribution >= 0.6 is 0 Å². The Balaban J connectivity index is 1.67. The molecule has 0 bridgehead atoms. The Kier molecular flexibility index (Phi) is 6.93. The number of rotatable bonds is 5. The summed E-state index contributed by atoms with van der Waals surface area (Å²) >= 11 is 0. The monoisotopic (exact) mass is 454 g/mol. The molecule has 1 nitrogen and oxygen atoms in total. The van der Waals surface area contributed by atoms with Gasteiger partial charge in [0.05, 0.1) is 0 Å². The van der Waals surface area contributed by atoms with Crippen molar-refractivity contribution in [2.45, 2.75) is 57.7 Å². The third-order valence-electron chi connectivity index (χ3n) is 6.36. The van der Waals surface area contributed by atoms with Crippen LogP contribution in [0.5, 0.6) is 5.75 Å². The highest BCUT2D eigenvalue weighted by Crippen LogP contribution is 2.41. The van der Waals surface area contributed by atoms with Gasteiger partial charge in [-0.05, 0) is 65.3 Å². The summed E-state index contributed by atoms with van der Waals surface area (Å²) in [5, 5.41) is 2.45. The maximum Gasteiger partial charge on any atom is 0.573 e. The summed E-state index contributed by atoms with van der Waals surface area (Å²) in [6.07, 6.45) is 1.64. The Morgan fingerprint density at radius 3 is 2.61 bits per heavy atom. The first-order valence-electron chi connectivity index (χ1n) is 11.4. The molecule has 2 atom stereocenters. The number of halogens is 4. The van der Waals surface area contributed by atoms with Crippen LogP contribution in [0.25, 0.3) is 10.8 Å². The second-order valence-corrected chi connectivity index (χ2v) is 8.59. The third kappa shape index (κ3) is 5.50. The number of ether oxygens (including phenoxy) is 1. The van der Waals surface area contributed by atoms with Crippen molar-refractivity contribution < 1.29 is 22.3 Å². The quantitative estimate of drug-likeness (QED) is 0.215. The van der Waals surface area contributed by atoms with Crippen molar-refractivity contribution in [3.05, 3.63) is 77.1 Å². The second-order valence-electron chi connectivity index (χ2n) is 8.59. The average Bonchev–Trinajstić information content (AvgIpc) is 2.79. The minimum absolute atomic E-state index is 0.00405. The molecule has 0 N–H and O–H groups in total. The molecule has 5 heteroatoms. The van der Waals surface area contributed by atoms with Gasteiger partial charge in [-0.15, -0.1) is 13.2 Å². The molecule has 0 amide bonds. The standard InChI is InChI=1S/C28H26F4O/c1-2-3-4-7-21-13-15-24-22-9-6-5-8-20(22)12-16-25(24)23(21)14-10-19-11-17-27(26(29)18-19)33-28(30,31)32/h5-6,8-9,11-12,16-18,21,23H,2-4,7,13,15H2,1H3/t21-,23+/m1/s1. The topological polar surface area (TPSA) is 9.23 Å². The Morgan fingerprint density at radius 2 is 1.85 bits per heavy atom. The number of hydrogen-bond acceptors (Lipinski definition) is 1. The maximum absolute atomic E-state index is 14.1. The average molecular weight is 455 g/mol. The van der Waals surface area contributed by atoms with Crippen LogP contribution in [0.1, 0.15) is 61.6 Å². The molecule has 4 rings (SSSR count). The lowest BCUT2D eigenvalue weighted by Crippen LogP contribution is -2.20. The van der Waals surface area contributed by atoms with Gasteiger partial charge in [0.1, 0.15) is 0 Å². The first-order valence-corrected chi connectivity index (χ1v) is 11.4. The molecule has 0 unspecified atom stereocenters. The summed E-state index contributed by atoms with van der Waals surface area (Å²) in [7, 11) is 0. The van der Waals surface area contributed by atoms with Gasteiger partial charge in [0.25, 0.3) is 0 Å². The second kappa shape index (κ2) is 9.87. The molecular formula is C28H26F4O. The normalized spacial score (nSPS) is 17.8. The van der Waals surface area contributed by atoms with Gasteiger partial charge in [-0.1, -0.05) is 74.4 Å². The van der Waals surface area contributed by atoms with Crippen molar-refractivity contribution >= 4 is 10.8 Å². The van der Waals surface area contributed by atoms with Gasteiger partial charge in [-0.2, -0.15) is 0 Å². The predicted molar refractivity (Wildman–Crippen MR) is 123 cm³/mol. The number of aryl methyl sites for hydroxylation is 1. The number of unbranched alkanes of at least 4 members (excludes halogenated alkanes) is 2. The van der Waals surface area contributed by atoms with E-state index in [4.69, 9.17) is 0 Å². The molecule has 3 aromatic carbocycles. The molecule has 0 saturated carbocycles. The zero-order valence-electron chi connectivity index (χ0n) is 18.5. The Hall–Kier alpha value is -3.00. The highest BCUT2D eigenvalue weighted by molar-refractivity contribution is 5.87. The maximum atomic E-state index is 14.1. The zero-order valence-corrected chi connectivity index (χ0v) is 18.5. The number of hydrogen-bond donors (Lipinski definition) is 0. The fourth-order valence-electron chi connectivity index (χ4n) is 4.78. The van der Waals surface area contributed by atoms with Crippen LogP contribution < -0.4 is 4.74 Å². The largest absolute Gasteiger partial charge is 0.573 e. The van der Waals surface area contributed by atoms with Crippen molar-refractivity contribution in [3.63, 3.8) is 0 Å². The first kappa shape index (κ1) is 23.2. The van der Waals surface area contributed by atoms with E-state index in [9.17, 15) is 17.6 Å². The molecule has 0 radical (unpaired) electrons. The van der Waals surface area contributed by atoms with Gasteiger partial charge < -0.3 is 4.74 Å². The van der Waals surface area contributed by atoms with Crippen molar-refractivity contribution in [3.8, 4) is 17.6 Å². The predicted octanol–water partition coefficient (Wildman–Crippen LogP) is 8.16. The molecule has 0 aromatic heterocycles.